The number of nitrogens with two attached hydrogens (primary N) is 1. The van der Waals surface area contributed by atoms with Crippen LogP contribution < -0.4 is 15.5 Å². The first-order valence-electron chi connectivity index (χ1n) is 7.68. The van der Waals surface area contributed by atoms with Crippen molar-refractivity contribution in [3.8, 4) is 0 Å². The van der Waals surface area contributed by atoms with Crippen LogP contribution in [0.1, 0.15) is 19.3 Å². The SMILES string of the molecule is CN(C)c1nc(N)nc(N2CCC3C(CCCN3C)C2)n1. The maximum absolute atomic E-state index is 5.83. The number of aromatic nitrogens is 3. The lowest BCUT2D eigenvalue weighted by Gasteiger charge is -2.45. The van der Waals surface area contributed by atoms with Crippen molar-refractivity contribution >= 4 is 17.8 Å². The molecule has 0 saturated carbocycles. The average Bonchev–Trinajstić information content (AvgIpc) is 2.46. The number of hydrogen-bond acceptors (Lipinski definition) is 7. The molecule has 0 amide bonds. The van der Waals surface area contributed by atoms with E-state index in [2.05, 4.69) is 31.8 Å². The fourth-order valence-electron chi connectivity index (χ4n) is 3.54. The molecule has 0 spiro atoms. The van der Waals surface area contributed by atoms with E-state index < -0.39 is 0 Å². The Bertz CT molecular complexity index is 504. The van der Waals surface area contributed by atoms with E-state index in [9.17, 15) is 0 Å². The van der Waals surface area contributed by atoms with E-state index >= 15 is 0 Å². The molecule has 0 bridgehead atoms. The van der Waals surface area contributed by atoms with Gasteiger partial charge in [-0.1, -0.05) is 0 Å². The molecule has 0 aromatic carbocycles. The van der Waals surface area contributed by atoms with Crippen molar-refractivity contribution in [2.24, 2.45) is 5.92 Å². The monoisotopic (exact) mass is 291 g/mol. The molecular weight excluding hydrogens is 266 g/mol. The van der Waals surface area contributed by atoms with E-state index in [0.29, 0.717) is 23.9 Å². The van der Waals surface area contributed by atoms with E-state index in [1.807, 2.05) is 19.0 Å². The van der Waals surface area contributed by atoms with Gasteiger partial charge in [0, 0.05) is 33.2 Å². The molecule has 2 fully saturated rings. The summed E-state index contributed by atoms with van der Waals surface area (Å²) in [5, 5.41) is 0. The molecule has 2 N–H and O–H groups in total. The largest absolute Gasteiger partial charge is 0.368 e. The van der Waals surface area contributed by atoms with Crippen LogP contribution in [0.3, 0.4) is 0 Å². The Balaban J connectivity index is 1.79. The summed E-state index contributed by atoms with van der Waals surface area (Å²) in [7, 11) is 6.08. The lowest BCUT2D eigenvalue weighted by atomic mass is 9.84. The summed E-state index contributed by atoms with van der Waals surface area (Å²) in [5.41, 5.74) is 5.83. The lowest BCUT2D eigenvalue weighted by molar-refractivity contribution is 0.102. The van der Waals surface area contributed by atoms with Crippen LogP contribution in [0.15, 0.2) is 0 Å². The molecule has 1 aromatic rings. The molecular formula is C14H25N7. The Kier molecular flexibility index (Phi) is 3.84. The quantitative estimate of drug-likeness (QED) is 0.847. The minimum Gasteiger partial charge on any atom is -0.368 e. The van der Waals surface area contributed by atoms with Gasteiger partial charge < -0.3 is 20.4 Å². The first-order valence-corrected chi connectivity index (χ1v) is 7.68. The zero-order valence-electron chi connectivity index (χ0n) is 13.2. The van der Waals surface area contributed by atoms with Gasteiger partial charge in [-0.25, -0.2) is 0 Å². The lowest BCUT2D eigenvalue weighted by Crippen LogP contribution is -2.53. The Morgan fingerprint density at radius 3 is 2.71 bits per heavy atom. The highest BCUT2D eigenvalue weighted by atomic mass is 15.3. The Morgan fingerprint density at radius 1 is 1.14 bits per heavy atom. The molecule has 2 atom stereocenters. The second-order valence-corrected chi connectivity index (χ2v) is 6.37. The summed E-state index contributed by atoms with van der Waals surface area (Å²) in [4.78, 5) is 19.7. The van der Waals surface area contributed by atoms with E-state index in [0.717, 1.165) is 19.0 Å². The topological polar surface area (TPSA) is 74.4 Å². The van der Waals surface area contributed by atoms with Crippen LogP contribution in [0.2, 0.25) is 0 Å². The molecule has 7 heteroatoms. The summed E-state index contributed by atoms with van der Waals surface area (Å²) in [6, 6.07) is 0.711. The standard InChI is InChI=1S/C14H25N7/c1-19(2)13-16-12(15)17-14(18-13)21-8-6-11-10(9-21)5-4-7-20(11)3/h10-11H,4-9H2,1-3H3,(H2,15,16,17,18). The van der Waals surface area contributed by atoms with Crippen LogP contribution in [-0.2, 0) is 0 Å². The maximum Gasteiger partial charge on any atom is 0.231 e. The number of rotatable bonds is 2. The second-order valence-electron chi connectivity index (χ2n) is 6.37. The molecule has 2 aliphatic heterocycles. The zero-order valence-corrected chi connectivity index (χ0v) is 13.2. The number of piperidine rings is 2. The van der Waals surface area contributed by atoms with Gasteiger partial charge in [-0.15, -0.1) is 0 Å². The number of nitrogen functional groups attached to an aromatic ring is 1. The Morgan fingerprint density at radius 2 is 1.95 bits per heavy atom. The zero-order chi connectivity index (χ0) is 15.0. The maximum atomic E-state index is 5.83. The molecule has 7 nitrogen and oxygen atoms in total. The van der Waals surface area contributed by atoms with E-state index in [4.69, 9.17) is 5.73 Å². The van der Waals surface area contributed by atoms with Crippen molar-refractivity contribution in [1.82, 2.24) is 19.9 Å². The van der Waals surface area contributed by atoms with E-state index in [1.165, 1.54) is 25.8 Å². The molecule has 2 unspecified atom stereocenters. The fraction of sp³-hybridized carbons (Fsp3) is 0.786. The number of fused-ring (bicyclic) bond motifs is 1. The molecule has 3 rings (SSSR count). The highest BCUT2D eigenvalue weighted by molar-refractivity contribution is 5.43. The third kappa shape index (κ3) is 2.88. The Hall–Kier alpha value is -1.63. The van der Waals surface area contributed by atoms with Crippen LogP contribution in [0, 0.1) is 5.92 Å². The van der Waals surface area contributed by atoms with Crippen LogP contribution in [0.25, 0.3) is 0 Å². The van der Waals surface area contributed by atoms with Crippen LogP contribution in [0.4, 0.5) is 17.8 Å². The van der Waals surface area contributed by atoms with Gasteiger partial charge in [-0.3, -0.25) is 0 Å². The third-order valence-corrected chi connectivity index (χ3v) is 4.66. The van der Waals surface area contributed by atoms with Gasteiger partial charge in [-0.2, -0.15) is 15.0 Å². The smallest absolute Gasteiger partial charge is 0.231 e. The van der Waals surface area contributed by atoms with Crippen LogP contribution in [-0.4, -0.2) is 66.7 Å². The normalized spacial score (nSPS) is 26.5. The number of likely N-dealkylation sites (tertiary alicyclic amines) is 1. The number of nitrogens with zero attached hydrogens (tertiary/aromatic N) is 6. The first kappa shape index (κ1) is 14.3. The van der Waals surface area contributed by atoms with Gasteiger partial charge in [0.05, 0.1) is 0 Å². The van der Waals surface area contributed by atoms with Crippen LogP contribution in [0.5, 0.6) is 0 Å². The van der Waals surface area contributed by atoms with E-state index in [-0.39, 0.29) is 0 Å². The average molecular weight is 291 g/mol. The van der Waals surface area contributed by atoms with Crippen molar-refractivity contribution in [2.45, 2.75) is 25.3 Å². The highest BCUT2D eigenvalue weighted by Gasteiger charge is 2.35. The summed E-state index contributed by atoms with van der Waals surface area (Å²) in [5.74, 6) is 2.35. The summed E-state index contributed by atoms with van der Waals surface area (Å²) in [6.45, 7) is 3.23. The predicted octanol–water partition coefficient (Wildman–Crippen LogP) is 0.440. The molecule has 21 heavy (non-hydrogen) atoms. The van der Waals surface area contributed by atoms with E-state index in [1.54, 1.807) is 0 Å². The van der Waals surface area contributed by atoms with Gasteiger partial charge in [0.25, 0.3) is 0 Å². The summed E-state index contributed by atoms with van der Waals surface area (Å²) < 4.78 is 0. The van der Waals surface area contributed by atoms with Crippen molar-refractivity contribution in [3.63, 3.8) is 0 Å². The first-order chi connectivity index (χ1) is 10.0. The van der Waals surface area contributed by atoms with Gasteiger partial charge in [0.2, 0.25) is 17.8 Å². The molecule has 1 aromatic heterocycles. The summed E-state index contributed by atoms with van der Waals surface area (Å²) >= 11 is 0. The second kappa shape index (κ2) is 5.63. The predicted molar refractivity (Wildman–Crippen MR) is 84.5 cm³/mol. The van der Waals surface area contributed by atoms with Crippen molar-refractivity contribution < 1.29 is 0 Å². The Labute approximate surface area is 126 Å². The molecule has 0 radical (unpaired) electrons. The summed E-state index contributed by atoms with van der Waals surface area (Å²) in [6.07, 6.45) is 3.75. The van der Waals surface area contributed by atoms with Gasteiger partial charge in [0.15, 0.2) is 0 Å². The van der Waals surface area contributed by atoms with Gasteiger partial charge in [0.1, 0.15) is 0 Å². The number of hydrogen-bond donors (Lipinski definition) is 1. The molecule has 0 aliphatic carbocycles. The van der Waals surface area contributed by atoms with Crippen molar-refractivity contribution in [3.05, 3.63) is 0 Å². The van der Waals surface area contributed by atoms with Crippen LogP contribution >= 0.6 is 0 Å². The molecule has 2 saturated heterocycles. The van der Waals surface area contributed by atoms with Crippen molar-refractivity contribution in [1.29, 1.82) is 0 Å². The minimum atomic E-state index is 0.298. The van der Waals surface area contributed by atoms with Gasteiger partial charge in [-0.05, 0) is 38.8 Å². The number of anilines is 3. The van der Waals surface area contributed by atoms with Crippen molar-refractivity contribution in [2.75, 3.05) is 56.3 Å². The molecule has 3 heterocycles. The molecule has 2 aliphatic rings. The van der Waals surface area contributed by atoms with Gasteiger partial charge >= 0.3 is 0 Å². The fourth-order valence-corrected chi connectivity index (χ4v) is 3.54. The third-order valence-electron chi connectivity index (χ3n) is 4.66. The highest BCUT2D eigenvalue weighted by Crippen LogP contribution is 2.31. The molecule has 116 valence electrons. The minimum absolute atomic E-state index is 0.298.